The van der Waals surface area contributed by atoms with Crippen molar-refractivity contribution >= 4 is 22.4 Å². The largest absolute Gasteiger partial charge is 0.306 e. The van der Waals surface area contributed by atoms with Crippen LogP contribution in [0, 0.1) is 18.3 Å². The summed E-state index contributed by atoms with van der Waals surface area (Å²) in [6.45, 7) is 6.39. The summed E-state index contributed by atoms with van der Waals surface area (Å²) in [5.74, 6) is 0.350. The molecule has 1 unspecified atom stereocenters. The first kappa shape index (κ1) is 18.2. The fraction of sp³-hybridized carbons (Fsp3) is 0.500. The highest BCUT2D eigenvalue weighted by atomic mass is 32.2. The van der Waals surface area contributed by atoms with Gasteiger partial charge in [-0.2, -0.15) is 0 Å². The number of hydrogen-bond donors (Lipinski definition) is 1. The molecule has 25 heavy (non-hydrogen) atoms. The van der Waals surface area contributed by atoms with Crippen LogP contribution in [0.4, 0.5) is 0 Å². The van der Waals surface area contributed by atoms with Gasteiger partial charge in [0.25, 0.3) is 0 Å². The molecule has 3 rings (SSSR count). The molecule has 0 bridgehead atoms. The Balaban J connectivity index is 1.95. The summed E-state index contributed by atoms with van der Waals surface area (Å²) in [7, 11) is -1.21. The monoisotopic (exact) mass is 359 g/mol. The Labute approximate surface area is 151 Å². The molecule has 134 valence electrons. The number of aryl methyl sites for hydroxylation is 1. The van der Waals surface area contributed by atoms with E-state index < -0.39 is 21.8 Å². The lowest BCUT2D eigenvalue weighted by Gasteiger charge is -2.45. The van der Waals surface area contributed by atoms with Crippen molar-refractivity contribution in [2.75, 3.05) is 12.3 Å². The summed E-state index contributed by atoms with van der Waals surface area (Å²) >= 11 is 0. The van der Waals surface area contributed by atoms with E-state index in [9.17, 15) is 13.8 Å². The van der Waals surface area contributed by atoms with Crippen LogP contribution in [0.2, 0.25) is 0 Å². The van der Waals surface area contributed by atoms with Crippen molar-refractivity contribution in [2.24, 2.45) is 11.3 Å². The van der Waals surface area contributed by atoms with Gasteiger partial charge < -0.3 is 5.32 Å². The molecule has 2 aliphatic rings. The molecule has 4 atom stereocenters. The first-order valence-corrected chi connectivity index (χ1v) is 10.1. The third kappa shape index (κ3) is 3.04. The van der Waals surface area contributed by atoms with Gasteiger partial charge in [0.05, 0.1) is 22.1 Å². The number of rotatable bonds is 5. The van der Waals surface area contributed by atoms with E-state index in [4.69, 9.17) is 0 Å². The van der Waals surface area contributed by atoms with Crippen LogP contribution in [0.25, 0.3) is 0 Å². The minimum Gasteiger partial charge on any atom is -0.306 e. The average molecular weight is 359 g/mol. The van der Waals surface area contributed by atoms with Crippen LogP contribution >= 0.6 is 0 Å². The van der Waals surface area contributed by atoms with Gasteiger partial charge in [-0.15, -0.1) is 0 Å². The fourth-order valence-electron chi connectivity index (χ4n) is 4.17. The van der Waals surface area contributed by atoms with Crippen LogP contribution < -0.4 is 5.32 Å². The van der Waals surface area contributed by atoms with E-state index in [2.05, 4.69) is 5.32 Å². The minimum atomic E-state index is -1.21. The third-order valence-electron chi connectivity index (χ3n) is 5.88. The molecule has 1 fully saturated rings. The molecular formula is C20H25NO3S. The Kier molecular flexibility index (Phi) is 4.82. The van der Waals surface area contributed by atoms with Crippen molar-refractivity contribution < 1.29 is 13.8 Å². The Bertz CT molecular complexity index is 755. The fourth-order valence-corrected chi connectivity index (χ4v) is 5.72. The highest BCUT2D eigenvalue weighted by Crippen LogP contribution is 2.50. The number of fused-ring (bicyclic) bond motifs is 1. The Morgan fingerprint density at radius 1 is 1.32 bits per heavy atom. The molecule has 0 saturated carbocycles. The first-order chi connectivity index (χ1) is 11.8. The second-order valence-corrected chi connectivity index (χ2v) is 8.87. The summed E-state index contributed by atoms with van der Waals surface area (Å²) in [4.78, 5) is 25.3. The molecular weight excluding hydrogens is 334 g/mol. The molecule has 0 spiro atoms. The van der Waals surface area contributed by atoms with E-state index in [1.165, 1.54) is 0 Å². The van der Waals surface area contributed by atoms with Gasteiger partial charge in [0.2, 0.25) is 0 Å². The first-order valence-electron chi connectivity index (χ1n) is 8.76. The van der Waals surface area contributed by atoms with E-state index in [1.54, 1.807) is 6.08 Å². The van der Waals surface area contributed by atoms with Crippen LogP contribution in [-0.4, -0.2) is 33.6 Å². The number of hydrogen-bond acceptors (Lipinski definition) is 4. The molecule has 0 amide bonds. The highest BCUT2D eigenvalue weighted by Gasteiger charge is 2.60. The van der Waals surface area contributed by atoms with Crippen molar-refractivity contribution in [1.82, 2.24) is 5.32 Å². The van der Waals surface area contributed by atoms with E-state index in [-0.39, 0.29) is 17.5 Å². The van der Waals surface area contributed by atoms with Gasteiger partial charge in [0.1, 0.15) is 5.78 Å². The molecule has 1 heterocycles. The van der Waals surface area contributed by atoms with E-state index in [1.807, 2.05) is 51.1 Å². The second kappa shape index (κ2) is 6.61. The Hall–Kier alpha value is -1.59. The molecule has 1 aromatic rings. The van der Waals surface area contributed by atoms with E-state index >= 15 is 0 Å². The number of benzene rings is 1. The Morgan fingerprint density at radius 3 is 2.64 bits per heavy atom. The maximum absolute atomic E-state index is 13.0. The molecule has 0 radical (unpaired) electrons. The summed E-state index contributed by atoms with van der Waals surface area (Å²) in [5, 5.41) is 3.46. The van der Waals surface area contributed by atoms with Crippen molar-refractivity contribution in [1.29, 1.82) is 0 Å². The van der Waals surface area contributed by atoms with Crippen molar-refractivity contribution in [3.8, 4) is 0 Å². The van der Waals surface area contributed by atoms with E-state index in [0.29, 0.717) is 25.1 Å². The number of carbonyl (C=O) groups excluding carboxylic acids is 2. The zero-order valence-corrected chi connectivity index (χ0v) is 15.8. The predicted molar refractivity (Wildman–Crippen MR) is 98.8 cm³/mol. The maximum atomic E-state index is 13.0. The lowest BCUT2D eigenvalue weighted by molar-refractivity contribution is -0.127. The second-order valence-electron chi connectivity index (χ2n) is 7.42. The summed E-state index contributed by atoms with van der Waals surface area (Å²) in [6.07, 6.45) is 4.21. The topological polar surface area (TPSA) is 63.2 Å². The van der Waals surface area contributed by atoms with Crippen LogP contribution in [0.15, 0.2) is 41.3 Å². The number of nitrogens with one attached hydrogen (secondary N) is 1. The van der Waals surface area contributed by atoms with Gasteiger partial charge in [0.15, 0.2) is 5.78 Å². The predicted octanol–water partition coefficient (Wildman–Crippen LogP) is 2.58. The standard InChI is InChI=1S/C20H25NO3S/c1-4-18(23)17-12-21-20(10-9-15(22)11-19(17,20)3)13-25(24)16-7-5-14(2)6-8-16/h5-10,17,21H,4,11-13H2,1-3H3/t17-,19-,20+,25?/m1/s1. The molecule has 1 N–H and O–H groups in total. The molecule has 1 aliphatic carbocycles. The van der Waals surface area contributed by atoms with Gasteiger partial charge >= 0.3 is 0 Å². The molecule has 0 aromatic heterocycles. The summed E-state index contributed by atoms with van der Waals surface area (Å²) < 4.78 is 13.0. The molecule has 1 aliphatic heterocycles. The normalized spacial score (nSPS) is 32.4. The number of allylic oxidation sites excluding steroid dienone is 1. The molecule has 1 aromatic carbocycles. The SMILES string of the molecule is CCC(=O)[C@H]1CN[C@]2(CS(=O)c3ccc(C)cc3)C=CC(=O)C[C@]12C. The van der Waals surface area contributed by atoms with Crippen LogP contribution in [0.1, 0.15) is 32.3 Å². The zero-order chi connectivity index (χ0) is 18.2. The van der Waals surface area contributed by atoms with Gasteiger partial charge in [-0.25, -0.2) is 0 Å². The lowest BCUT2D eigenvalue weighted by Crippen LogP contribution is -2.57. The maximum Gasteiger partial charge on any atom is 0.156 e. The van der Waals surface area contributed by atoms with Crippen molar-refractivity contribution in [3.63, 3.8) is 0 Å². The molecule has 5 heteroatoms. The number of ketones is 2. The van der Waals surface area contributed by atoms with Crippen LogP contribution in [0.5, 0.6) is 0 Å². The van der Waals surface area contributed by atoms with Crippen molar-refractivity contribution in [3.05, 3.63) is 42.0 Å². The Morgan fingerprint density at radius 2 is 2.00 bits per heavy atom. The smallest absolute Gasteiger partial charge is 0.156 e. The van der Waals surface area contributed by atoms with Gasteiger partial charge in [-0.1, -0.05) is 37.6 Å². The van der Waals surface area contributed by atoms with Crippen LogP contribution in [0.3, 0.4) is 0 Å². The summed E-state index contributed by atoms with van der Waals surface area (Å²) in [5.41, 5.74) is -0.00201. The highest BCUT2D eigenvalue weighted by molar-refractivity contribution is 7.85. The third-order valence-corrected chi connectivity index (χ3v) is 7.40. The number of carbonyl (C=O) groups is 2. The molecule has 4 nitrogen and oxygen atoms in total. The zero-order valence-electron chi connectivity index (χ0n) is 15.0. The van der Waals surface area contributed by atoms with Gasteiger partial charge in [0, 0.05) is 35.6 Å². The quantitative estimate of drug-likeness (QED) is 0.878. The van der Waals surface area contributed by atoms with Gasteiger partial charge in [-0.05, 0) is 25.1 Å². The minimum absolute atomic E-state index is 0.0387. The lowest BCUT2D eigenvalue weighted by atomic mass is 9.61. The van der Waals surface area contributed by atoms with Crippen LogP contribution in [-0.2, 0) is 20.4 Å². The van der Waals surface area contributed by atoms with E-state index in [0.717, 1.165) is 10.5 Å². The van der Waals surface area contributed by atoms with Crippen molar-refractivity contribution in [2.45, 2.75) is 44.0 Å². The number of Topliss-reactive ketones (excluding diaryl/α,β-unsaturated/α-hetero) is 1. The molecule has 1 saturated heterocycles. The average Bonchev–Trinajstić information content (AvgIpc) is 2.87. The summed E-state index contributed by atoms with van der Waals surface area (Å²) in [6, 6.07) is 7.69. The van der Waals surface area contributed by atoms with Gasteiger partial charge in [-0.3, -0.25) is 13.8 Å².